The van der Waals surface area contributed by atoms with Gasteiger partial charge in [0.2, 0.25) is 0 Å². The lowest BCUT2D eigenvalue weighted by atomic mass is 9.90. The number of benzene rings is 4. The van der Waals surface area contributed by atoms with Crippen LogP contribution in [-0.2, 0) is 33.3 Å². The third-order valence-corrected chi connectivity index (χ3v) is 9.93. The molecule has 4 aromatic carbocycles. The van der Waals surface area contributed by atoms with Gasteiger partial charge in [0.15, 0.2) is 12.3 Å². The third-order valence-electron chi connectivity index (χ3n) is 8.25. The predicted molar refractivity (Wildman–Crippen MR) is 187 cm³/mol. The highest BCUT2D eigenvalue weighted by Crippen LogP contribution is 2.32. The van der Waals surface area contributed by atoms with E-state index in [0.717, 1.165) is 46.8 Å². The lowest BCUT2D eigenvalue weighted by Gasteiger charge is -2.24. The van der Waals surface area contributed by atoms with Gasteiger partial charge < -0.3 is 14.0 Å². The smallest absolute Gasteiger partial charge is 0.200 e. The van der Waals surface area contributed by atoms with Gasteiger partial charge in [0, 0.05) is 36.5 Å². The van der Waals surface area contributed by atoms with Crippen molar-refractivity contribution in [3.63, 3.8) is 0 Å². The predicted octanol–water partition coefficient (Wildman–Crippen LogP) is 6.43. The molecule has 1 aliphatic rings. The summed E-state index contributed by atoms with van der Waals surface area (Å²) < 4.78 is 71.9. The summed E-state index contributed by atoms with van der Waals surface area (Å²) in [5.74, 6) is 0. The van der Waals surface area contributed by atoms with Crippen molar-refractivity contribution in [1.82, 2.24) is 0 Å². The molecule has 4 aromatic rings. The highest BCUT2D eigenvalue weighted by molar-refractivity contribution is 7.86. The Morgan fingerprint density at radius 3 is 1.83 bits per heavy atom. The molecule has 8 nitrogen and oxygen atoms in total. The summed E-state index contributed by atoms with van der Waals surface area (Å²) >= 11 is 0. The van der Waals surface area contributed by atoms with E-state index in [1.165, 1.54) is 35.4 Å². The molecule has 0 spiro atoms. The van der Waals surface area contributed by atoms with Gasteiger partial charge in [0.25, 0.3) is 0 Å². The van der Waals surface area contributed by atoms with Crippen LogP contribution in [-0.4, -0.2) is 49.3 Å². The number of hydrogen-bond donors (Lipinski definition) is 0. The highest BCUT2D eigenvalue weighted by atomic mass is 32.2. The van der Waals surface area contributed by atoms with Crippen molar-refractivity contribution in [3.8, 4) is 0 Å². The molecular weight excluding hydrogens is 645 g/mol. The number of hydrogen-bond acceptors (Lipinski definition) is 7. The standard InChI is InChI=1S/C38H38N2O6S2/c1-4-39(26-29-9-6-8-28(3)24-29)34-18-12-31(13-19-34)38(33-16-22-36(23-17-33)47(41,42)43)32-14-20-35(21-15-32)40(5-2)27-30-10-7-11-37(25-30)48(44,45)46/h6-25H,4-5,26-27H2,1-3H3,(H-,41,42,43,44,45,46)/p-1. The quantitative estimate of drug-likeness (QED) is 0.132. The minimum Gasteiger partial charge on any atom is -0.744 e. The Labute approximate surface area is 283 Å². The zero-order valence-electron chi connectivity index (χ0n) is 27.0. The fourth-order valence-electron chi connectivity index (χ4n) is 5.79. The second-order valence-electron chi connectivity index (χ2n) is 11.6. The van der Waals surface area contributed by atoms with Crippen molar-refractivity contribution in [1.29, 1.82) is 0 Å². The average molecular weight is 682 g/mol. The van der Waals surface area contributed by atoms with Gasteiger partial charge in [-0.05, 0) is 103 Å². The van der Waals surface area contributed by atoms with E-state index >= 15 is 0 Å². The van der Waals surface area contributed by atoms with Crippen molar-refractivity contribution >= 4 is 37.2 Å². The van der Waals surface area contributed by atoms with Crippen LogP contribution >= 0.6 is 0 Å². The molecule has 0 atom stereocenters. The van der Waals surface area contributed by atoms with E-state index in [-0.39, 0.29) is 9.79 Å². The molecule has 248 valence electrons. The van der Waals surface area contributed by atoms with Gasteiger partial charge >= 0.3 is 0 Å². The van der Waals surface area contributed by atoms with Gasteiger partial charge in [0.1, 0.15) is 26.8 Å². The minimum atomic E-state index is -4.60. The first-order valence-electron chi connectivity index (χ1n) is 15.6. The normalized spacial score (nSPS) is 13.1. The van der Waals surface area contributed by atoms with E-state index in [4.69, 9.17) is 0 Å². The monoisotopic (exact) mass is 681 g/mol. The number of nitrogens with zero attached hydrogens (tertiary/aromatic N) is 2. The van der Waals surface area contributed by atoms with Crippen LogP contribution in [0.5, 0.6) is 0 Å². The zero-order chi connectivity index (χ0) is 34.5. The average Bonchev–Trinajstić information content (AvgIpc) is 3.07. The van der Waals surface area contributed by atoms with Gasteiger partial charge in [0.05, 0.1) is 9.79 Å². The molecule has 0 heterocycles. The topological polar surface area (TPSA) is 121 Å². The molecule has 0 amide bonds. The van der Waals surface area contributed by atoms with Gasteiger partial charge in [-0.2, -0.15) is 0 Å². The molecule has 1 aliphatic carbocycles. The largest absolute Gasteiger partial charge is 0.744 e. The third kappa shape index (κ3) is 8.45. The second kappa shape index (κ2) is 14.7. The van der Waals surface area contributed by atoms with Crippen LogP contribution in [0, 0.1) is 6.92 Å². The number of allylic oxidation sites excluding steroid dienone is 5. The highest BCUT2D eigenvalue weighted by Gasteiger charge is 2.17. The first-order chi connectivity index (χ1) is 22.9. The van der Waals surface area contributed by atoms with E-state index in [1.54, 1.807) is 24.3 Å². The van der Waals surface area contributed by atoms with Gasteiger partial charge in [-0.25, -0.2) is 21.4 Å². The Kier molecular flexibility index (Phi) is 10.6. The first kappa shape index (κ1) is 34.7. The molecule has 0 saturated heterocycles. The van der Waals surface area contributed by atoms with Crippen LogP contribution in [0.4, 0.5) is 5.69 Å². The Hall–Kier alpha value is -4.61. The number of rotatable bonds is 11. The van der Waals surface area contributed by atoms with Crippen LogP contribution in [0.25, 0.3) is 5.57 Å². The number of aryl methyl sites for hydroxylation is 1. The van der Waals surface area contributed by atoms with Crippen LogP contribution in [0.1, 0.15) is 41.7 Å². The summed E-state index contributed by atoms with van der Waals surface area (Å²) in [7, 11) is -9.16. The molecule has 0 aromatic heterocycles. The minimum absolute atomic E-state index is 0.260. The lowest BCUT2D eigenvalue weighted by molar-refractivity contribution is -0.539. The van der Waals surface area contributed by atoms with Crippen molar-refractivity contribution < 1.29 is 30.5 Å². The van der Waals surface area contributed by atoms with Gasteiger partial charge in [-0.15, -0.1) is 0 Å². The molecule has 0 radical (unpaired) electrons. The summed E-state index contributed by atoms with van der Waals surface area (Å²) in [5.41, 5.74) is 8.51. The summed E-state index contributed by atoms with van der Waals surface area (Å²) in [5, 5.41) is 0. The molecule has 5 rings (SSSR count). The SMILES string of the molecule is CCN(Cc1cccc(S(=O)(=O)[O-])c1)c1ccc(C(=C2C=CC(=[N+](CC)Cc3cccc(C)c3)C=C2)c2ccc(S(=O)(=O)[O-])cc2)cc1. The van der Waals surface area contributed by atoms with Crippen LogP contribution in [0.2, 0.25) is 0 Å². The first-order valence-corrected chi connectivity index (χ1v) is 18.4. The van der Waals surface area contributed by atoms with Crippen molar-refractivity contribution in [3.05, 3.63) is 155 Å². The Bertz CT molecular complexity index is 2130. The lowest BCUT2D eigenvalue weighted by Crippen LogP contribution is -2.22. The van der Waals surface area contributed by atoms with Crippen LogP contribution in [0.3, 0.4) is 0 Å². The zero-order valence-corrected chi connectivity index (χ0v) is 28.7. The fourth-order valence-corrected chi connectivity index (χ4v) is 6.80. The summed E-state index contributed by atoms with van der Waals surface area (Å²) in [6.07, 6.45) is 8.25. The second-order valence-corrected chi connectivity index (χ2v) is 14.3. The summed E-state index contributed by atoms with van der Waals surface area (Å²) in [4.78, 5) is 1.51. The van der Waals surface area contributed by atoms with E-state index < -0.39 is 20.2 Å². The molecule has 48 heavy (non-hydrogen) atoms. The molecule has 0 unspecified atom stereocenters. The fraction of sp³-hybridized carbons (Fsp3) is 0.184. The van der Waals surface area contributed by atoms with E-state index in [2.05, 4.69) is 59.7 Å². The molecule has 10 heteroatoms. The maximum atomic E-state index is 11.6. The van der Waals surface area contributed by atoms with Crippen molar-refractivity contribution in [2.45, 2.75) is 43.7 Å². The van der Waals surface area contributed by atoms with E-state index in [9.17, 15) is 25.9 Å². The van der Waals surface area contributed by atoms with Crippen LogP contribution in [0.15, 0.2) is 137 Å². The maximum absolute atomic E-state index is 11.6. The molecule has 0 fully saturated rings. The van der Waals surface area contributed by atoms with Crippen molar-refractivity contribution in [2.24, 2.45) is 0 Å². The Morgan fingerprint density at radius 1 is 0.688 bits per heavy atom. The Balaban J connectivity index is 1.50. The summed E-state index contributed by atoms with van der Waals surface area (Å²) in [6, 6.07) is 28.4. The maximum Gasteiger partial charge on any atom is 0.200 e. The molecule has 0 N–H and O–H groups in total. The molecule has 0 saturated carbocycles. The van der Waals surface area contributed by atoms with E-state index in [0.29, 0.717) is 18.7 Å². The number of anilines is 1. The Morgan fingerprint density at radius 2 is 1.27 bits per heavy atom. The van der Waals surface area contributed by atoms with Crippen molar-refractivity contribution in [2.75, 3.05) is 18.0 Å². The van der Waals surface area contributed by atoms with Gasteiger partial charge in [-0.1, -0.05) is 60.2 Å². The van der Waals surface area contributed by atoms with E-state index in [1.807, 2.05) is 43.3 Å². The summed E-state index contributed by atoms with van der Waals surface area (Å²) in [6.45, 7) is 8.82. The molecule has 0 bridgehead atoms. The molecular formula is C38H37N2O6S2-. The van der Waals surface area contributed by atoms with Crippen LogP contribution < -0.4 is 4.90 Å². The van der Waals surface area contributed by atoms with Gasteiger partial charge in [-0.3, -0.25) is 0 Å². The molecule has 0 aliphatic heterocycles.